The van der Waals surface area contributed by atoms with Crippen LogP contribution in [0.15, 0.2) is 24.3 Å². The van der Waals surface area contributed by atoms with Crippen LogP contribution in [0.3, 0.4) is 0 Å². The van der Waals surface area contributed by atoms with Crippen LogP contribution < -0.4 is 15.5 Å². The number of nitriles is 1. The van der Waals surface area contributed by atoms with Crippen molar-refractivity contribution in [2.24, 2.45) is 5.92 Å². The summed E-state index contributed by atoms with van der Waals surface area (Å²) in [5.41, 5.74) is 2.03. The number of hydrogen-bond acceptors (Lipinski definition) is 4. The zero-order valence-corrected chi connectivity index (χ0v) is 17.3. The molecule has 0 saturated carbocycles. The second-order valence-electron chi connectivity index (χ2n) is 7.59. The molecule has 0 bridgehead atoms. The fourth-order valence-electron chi connectivity index (χ4n) is 3.51. The molecule has 152 valence electrons. The first-order chi connectivity index (χ1) is 13.9. The van der Waals surface area contributed by atoms with E-state index in [4.69, 9.17) is 0 Å². The van der Waals surface area contributed by atoms with E-state index in [0.717, 1.165) is 24.8 Å². The molecule has 6 nitrogen and oxygen atoms in total. The van der Waals surface area contributed by atoms with Crippen LogP contribution in [0, 0.1) is 23.1 Å². The van der Waals surface area contributed by atoms with Gasteiger partial charge in [-0.2, -0.15) is 5.26 Å². The topological polar surface area (TPSA) is 86.4 Å². The largest absolute Gasteiger partial charge is 0.322 e. The summed E-state index contributed by atoms with van der Waals surface area (Å²) >= 11 is 1.48. The van der Waals surface area contributed by atoms with Gasteiger partial charge in [-0.3, -0.25) is 9.59 Å². The molecular weight excluding hydrogens is 391 g/mol. The van der Waals surface area contributed by atoms with E-state index in [-0.39, 0.29) is 24.9 Å². The Labute approximate surface area is 173 Å². The second-order valence-corrected chi connectivity index (χ2v) is 8.69. The fourth-order valence-corrected chi connectivity index (χ4v) is 4.89. The summed E-state index contributed by atoms with van der Waals surface area (Å²) in [7, 11) is 1.73. The van der Waals surface area contributed by atoms with E-state index in [1.165, 1.54) is 34.4 Å². The molecular formula is C21H24FN4O2S+. The summed E-state index contributed by atoms with van der Waals surface area (Å²) < 4.78 is 13.2. The normalized spacial score (nSPS) is 16.4. The lowest BCUT2D eigenvalue weighted by atomic mass is 9.89. The second kappa shape index (κ2) is 9.16. The Morgan fingerprint density at radius 3 is 2.72 bits per heavy atom. The van der Waals surface area contributed by atoms with Gasteiger partial charge in [-0.1, -0.05) is 13.0 Å². The van der Waals surface area contributed by atoms with Crippen LogP contribution in [-0.4, -0.2) is 32.0 Å². The molecule has 0 fully saturated rings. The first kappa shape index (κ1) is 21.0. The molecule has 0 spiro atoms. The molecule has 1 aliphatic rings. The number of hydrogen-bond donors (Lipinski definition) is 3. The zero-order valence-electron chi connectivity index (χ0n) is 16.5. The minimum atomic E-state index is -0.427. The van der Waals surface area contributed by atoms with Crippen molar-refractivity contribution in [3.63, 3.8) is 0 Å². The number of carbonyl (C=O) groups excluding carboxylic acids is 2. The molecule has 2 amide bonds. The van der Waals surface area contributed by atoms with E-state index in [2.05, 4.69) is 23.6 Å². The first-order valence-electron chi connectivity index (χ1n) is 9.57. The first-order valence-corrected chi connectivity index (χ1v) is 10.4. The van der Waals surface area contributed by atoms with E-state index in [1.54, 1.807) is 13.1 Å². The highest BCUT2D eigenvalue weighted by Crippen LogP contribution is 2.39. The molecule has 8 heteroatoms. The SMILES string of the molecule is C[C@H]1CCc2c(sc(NC(=O)C[NH+](C)CC(=O)Nc3cccc(F)c3)c2C#N)C1. The average molecular weight is 416 g/mol. The molecule has 2 atom stereocenters. The molecule has 1 heterocycles. The molecule has 1 aliphatic carbocycles. The van der Waals surface area contributed by atoms with Crippen LogP contribution in [0.1, 0.15) is 29.3 Å². The number of nitrogens with one attached hydrogen (secondary N) is 3. The van der Waals surface area contributed by atoms with Crippen molar-refractivity contribution >= 4 is 33.8 Å². The van der Waals surface area contributed by atoms with Gasteiger partial charge in [-0.05, 0) is 48.9 Å². The lowest BCUT2D eigenvalue weighted by Gasteiger charge is -2.17. The number of rotatable bonds is 6. The van der Waals surface area contributed by atoms with Gasteiger partial charge in [-0.15, -0.1) is 11.3 Å². The number of carbonyl (C=O) groups is 2. The zero-order chi connectivity index (χ0) is 21.0. The molecule has 1 unspecified atom stereocenters. The van der Waals surface area contributed by atoms with E-state index < -0.39 is 5.82 Å². The van der Waals surface area contributed by atoms with Gasteiger partial charge in [0.1, 0.15) is 16.9 Å². The van der Waals surface area contributed by atoms with Gasteiger partial charge in [-0.25, -0.2) is 4.39 Å². The molecule has 0 saturated heterocycles. The minimum absolute atomic E-state index is 0.0630. The van der Waals surface area contributed by atoms with Crippen molar-refractivity contribution in [2.45, 2.75) is 26.2 Å². The maximum Gasteiger partial charge on any atom is 0.280 e. The summed E-state index contributed by atoms with van der Waals surface area (Å²) in [5, 5.41) is 15.6. The van der Waals surface area contributed by atoms with Gasteiger partial charge >= 0.3 is 0 Å². The lowest BCUT2D eigenvalue weighted by molar-refractivity contribution is -0.862. The highest BCUT2D eigenvalue weighted by atomic mass is 32.1. The van der Waals surface area contributed by atoms with Crippen LogP contribution in [0.4, 0.5) is 15.1 Å². The van der Waals surface area contributed by atoms with Crippen molar-refractivity contribution < 1.29 is 18.9 Å². The van der Waals surface area contributed by atoms with Crippen molar-refractivity contribution in [3.05, 3.63) is 46.1 Å². The molecule has 2 aromatic rings. The third-order valence-corrected chi connectivity index (χ3v) is 6.08. The smallest absolute Gasteiger partial charge is 0.280 e. The number of fused-ring (bicyclic) bond motifs is 1. The lowest BCUT2D eigenvalue weighted by Crippen LogP contribution is -3.11. The van der Waals surface area contributed by atoms with E-state index in [1.807, 2.05) is 0 Å². The summed E-state index contributed by atoms with van der Waals surface area (Å²) in [6.45, 7) is 2.34. The molecule has 1 aromatic carbocycles. The van der Waals surface area contributed by atoms with Crippen LogP contribution in [-0.2, 0) is 22.4 Å². The van der Waals surface area contributed by atoms with Gasteiger partial charge in [0.25, 0.3) is 11.8 Å². The summed E-state index contributed by atoms with van der Waals surface area (Å²) in [5.74, 6) is -0.393. The Balaban J connectivity index is 1.55. The number of amides is 2. The Morgan fingerprint density at radius 1 is 1.31 bits per heavy atom. The summed E-state index contributed by atoms with van der Waals surface area (Å²) in [4.78, 5) is 26.4. The molecule has 3 rings (SSSR count). The van der Waals surface area contributed by atoms with Crippen molar-refractivity contribution in [3.8, 4) is 6.07 Å². The van der Waals surface area contributed by atoms with Crippen molar-refractivity contribution in [1.82, 2.24) is 0 Å². The van der Waals surface area contributed by atoms with Crippen LogP contribution in [0.25, 0.3) is 0 Å². The maximum absolute atomic E-state index is 13.2. The number of likely N-dealkylation sites (N-methyl/N-ethyl adjacent to an activating group) is 1. The molecule has 1 aromatic heterocycles. The Hall–Kier alpha value is -2.76. The highest BCUT2D eigenvalue weighted by Gasteiger charge is 2.25. The number of anilines is 2. The number of benzene rings is 1. The Bertz CT molecular complexity index is 966. The quantitative estimate of drug-likeness (QED) is 0.674. The standard InChI is InChI=1S/C21H23FN4O2S/c1-13-6-7-16-17(10-23)21(29-18(16)8-13)25-20(28)12-26(2)11-19(27)24-15-5-3-4-14(22)9-15/h3-5,9,13H,6-8,11-12H2,1-2H3,(H,24,27)(H,25,28)/p+1/t13-/m0/s1. The maximum atomic E-state index is 13.2. The summed E-state index contributed by atoms with van der Waals surface area (Å²) in [6.07, 6.45) is 2.87. The third-order valence-electron chi connectivity index (χ3n) is 4.91. The third kappa shape index (κ3) is 5.40. The molecule has 0 radical (unpaired) electrons. The van der Waals surface area contributed by atoms with Crippen LogP contribution >= 0.6 is 11.3 Å². The van der Waals surface area contributed by atoms with Gasteiger partial charge in [0.15, 0.2) is 13.1 Å². The predicted octanol–water partition coefficient (Wildman–Crippen LogP) is 1.98. The van der Waals surface area contributed by atoms with E-state index in [9.17, 15) is 19.2 Å². The monoisotopic (exact) mass is 415 g/mol. The van der Waals surface area contributed by atoms with Crippen molar-refractivity contribution in [2.75, 3.05) is 30.8 Å². The molecule has 0 aliphatic heterocycles. The van der Waals surface area contributed by atoms with Gasteiger partial charge < -0.3 is 15.5 Å². The van der Waals surface area contributed by atoms with Gasteiger partial charge in [0.2, 0.25) is 0 Å². The number of quaternary nitrogens is 1. The highest BCUT2D eigenvalue weighted by molar-refractivity contribution is 7.16. The van der Waals surface area contributed by atoms with E-state index in [0.29, 0.717) is 27.1 Å². The van der Waals surface area contributed by atoms with Gasteiger partial charge in [0, 0.05) is 10.6 Å². The van der Waals surface area contributed by atoms with Gasteiger partial charge in [0.05, 0.1) is 12.6 Å². The fraction of sp³-hybridized carbons (Fsp3) is 0.381. The van der Waals surface area contributed by atoms with Crippen LogP contribution in [0.5, 0.6) is 0 Å². The predicted molar refractivity (Wildman–Crippen MR) is 111 cm³/mol. The Kier molecular flexibility index (Phi) is 6.62. The molecule has 29 heavy (non-hydrogen) atoms. The van der Waals surface area contributed by atoms with E-state index >= 15 is 0 Å². The number of thiophene rings is 1. The Morgan fingerprint density at radius 2 is 2.03 bits per heavy atom. The summed E-state index contributed by atoms with van der Waals surface area (Å²) in [6, 6.07) is 7.90. The average Bonchev–Trinajstić information content (AvgIpc) is 2.96. The number of halogens is 1. The molecule has 3 N–H and O–H groups in total. The van der Waals surface area contributed by atoms with Crippen molar-refractivity contribution in [1.29, 1.82) is 5.26 Å². The number of nitrogens with zero attached hydrogens (tertiary/aromatic N) is 1. The minimum Gasteiger partial charge on any atom is -0.322 e. The van der Waals surface area contributed by atoms with Crippen LogP contribution in [0.2, 0.25) is 0 Å².